The SMILES string of the molecule is CCCCNC(=O)C(C)NC1CCC(=O)N(C)C1=O. The maximum absolute atomic E-state index is 11.9. The Balaban J connectivity index is 2.43. The lowest BCUT2D eigenvalue weighted by Crippen LogP contribution is -2.56. The quantitative estimate of drug-likeness (QED) is 0.527. The van der Waals surface area contributed by atoms with Gasteiger partial charge in [-0.2, -0.15) is 0 Å². The summed E-state index contributed by atoms with van der Waals surface area (Å²) >= 11 is 0. The van der Waals surface area contributed by atoms with Gasteiger partial charge < -0.3 is 5.32 Å². The molecule has 0 saturated carbocycles. The van der Waals surface area contributed by atoms with E-state index in [-0.39, 0.29) is 17.7 Å². The number of likely N-dealkylation sites (tertiary alicyclic amines) is 1. The first-order chi connectivity index (χ1) is 8.97. The highest BCUT2D eigenvalue weighted by molar-refractivity contribution is 6.00. The van der Waals surface area contributed by atoms with E-state index in [1.165, 1.54) is 7.05 Å². The summed E-state index contributed by atoms with van der Waals surface area (Å²) in [6.07, 6.45) is 2.76. The van der Waals surface area contributed by atoms with E-state index in [2.05, 4.69) is 17.6 Å². The number of piperidine rings is 1. The van der Waals surface area contributed by atoms with Crippen molar-refractivity contribution in [2.75, 3.05) is 13.6 Å². The van der Waals surface area contributed by atoms with E-state index in [1.54, 1.807) is 6.92 Å². The summed E-state index contributed by atoms with van der Waals surface area (Å²) in [6.45, 7) is 4.44. The molecule has 3 amide bonds. The molecule has 2 N–H and O–H groups in total. The topological polar surface area (TPSA) is 78.5 Å². The average Bonchev–Trinajstić information content (AvgIpc) is 2.39. The van der Waals surface area contributed by atoms with Crippen molar-refractivity contribution in [3.63, 3.8) is 0 Å². The fourth-order valence-electron chi connectivity index (χ4n) is 1.99. The molecule has 1 heterocycles. The van der Waals surface area contributed by atoms with Gasteiger partial charge in [0.25, 0.3) is 0 Å². The van der Waals surface area contributed by atoms with Crippen molar-refractivity contribution in [1.82, 2.24) is 15.5 Å². The predicted octanol–water partition coefficient (Wildman–Crippen LogP) is 0.0282. The van der Waals surface area contributed by atoms with Gasteiger partial charge in [0.2, 0.25) is 17.7 Å². The van der Waals surface area contributed by atoms with E-state index < -0.39 is 12.1 Å². The van der Waals surface area contributed by atoms with Crippen molar-refractivity contribution < 1.29 is 14.4 Å². The van der Waals surface area contributed by atoms with Crippen molar-refractivity contribution in [3.8, 4) is 0 Å². The van der Waals surface area contributed by atoms with Crippen LogP contribution < -0.4 is 10.6 Å². The molecule has 6 nitrogen and oxygen atoms in total. The van der Waals surface area contributed by atoms with Crippen molar-refractivity contribution >= 4 is 17.7 Å². The lowest BCUT2D eigenvalue weighted by Gasteiger charge is -2.30. The first kappa shape index (κ1) is 15.6. The van der Waals surface area contributed by atoms with Crippen LogP contribution in [-0.2, 0) is 14.4 Å². The van der Waals surface area contributed by atoms with Crippen LogP contribution in [0.3, 0.4) is 0 Å². The zero-order valence-corrected chi connectivity index (χ0v) is 11.9. The monoisotopic (exact) mass is 269 g/mol. The van der Waals surface area contributed by atoms with Gasteiger partial charge in [0.1, 0.15) is 0 Å². The minimum Gasteiger partial charge on any atom is -0.355 e. The Labute approximate surface area is 113 Å². The normalized spacial score (nSPS) is 21.4. The zero-order chi connectivity index (χ0) is 14.4. The van der Waals surface area contributed by atoms with Crippen molar-refractivity contribution in [1.29, 1.82) is 0 Å². The van der Waals surface area contributed by atoms with Crippen LogP contribution in [-0.4, -0.2) is 48.3 Å². The van der Waals surface area contributed by atoms with Crippen LogP contribution in [0.15, 0.2) is 0 Å². The molecule has 1 fully saturated rings. The van der Waals surface area contributed by atoms with Gasteiger partial charge in [-0.05, 0) is 19.8 Å². The van der Waals surface area contributed by atoms with Gasteiger partial charge in [-0.3, -0.25) is 24.6 Å². The predicted molar refractivity (Wildman–Crippen MR) is 71.3 cm³/mol. The standard InChI is InChI=1S/C13H23N3O3/c1-4-5-8-14-12(18)9(2)15-10-6-7-11(17)16(3)13(10)19/h9-10,15H,4-8H2,1-3H3,(H,14,18). The van der Waals surface area contributed by atoms with E-state index in [0.717, 1.165) is 17.7 Å². The number of carbonyl (C=O) groups excluding carboxylic acids is 3. The third-order valence-corrected chi connectivity index (χ3v) is 3.32. The van der Waals surface area contributed by atoms with Crippen LogP contribution in [0, 0.1) is 0 Å². The van der Waals surface area contributed by atoms with Crippen molar-refractivity contribution in [2.24, 2.45) is 0 Å². The lowest BCUT2D eigenvalue weighted by atomic mass is 10.0. The maximum atomic E-state index is 11.9. The number of unbranched alkanes of at least 4 members (excludes halogenated alkanes) is 1. The number of hydrogen-bond acceptors (Lipinski definition) is 4. The fraction of sp³-hybridized carbons (Fsp3) is 0.769. The molecule has 2 unspecified atom stereocenters. The number of nitrogens with zero attached hydrogens (tertiary/aromatic N) is 1. The molecule has 6 heteroatoms. The zero-order valence-electron chi connectivity index (χ0n) is 11.9. The Morgan fingerprint density at radius 3 is 2.79 bits per heavy atom. The molecule has 0 aliphatic carbocycles. The number of imide groups is 1. The van der Waals surface area contributed by atoms with Gasteiger partial charge in [0.05, 0.1) is 12.1 Å². The lowest BCUT2D eigenvalue weighted by molar-refractivity contribution is -0.148. The van der Waals surface area contributed by atoms with Gasteiger partial charge in [-0.1, -0.05) is 13.3 Å². The first-order valence-corrected chi connectivity index (χ1v) is 6.81. The van der Waals surface area contributed by atoms with Crippen LogP contribution in [0.1, 0.15) is 39.5 Å². The molecule has 0 aromatic heterocycles. The van der Waals surface area contributed by atoms with Gasteiger partial charge in [-0.15, -0.1) is 0 Å². The highest BCUT2D eigenvalue weighted by atomic mass is 16.2. The number of hydrogen-bond donors (Lipinski definition) is 2. The van der Waals surface area contributed by atoms with E-state index in [1.807, 2.05) is 0 Å². The molecule has 0 aromatic rings. The maximum Gasteiger partial charge on any atom is 0.246 e. The van der Waals surface area contributed by atoms with E-state index in [4.69, 9.17) is 0 Å². The summed E-state index contributed by atoms with van der Waals surface area (Å²) in [6, 6.07) is -0.887. The molecule has 0 bridgehead atoms. The van der Waals surface area contributed by atoms with Gasteiger partial charge >= 0.3 is 0 Å². The fourth-order valence-corrected chi connectivity index (χ4v) is 1.99. The first-order valence-electron chi connectivity index (χ1n) is 6.81. The molecular formula is C13H23N3O3. The summed E-state index contributed by atoms with van der Waals surface area (Å²) in [5, 5.41) is 5.81. The van der Waals surface area contributed by atoms with E-state index in [9.17, 15) is 14.4 Å². The Hall–Kier alpha value is -1.43. The molecule has 0 spiro atoms. The number of carbonyl (C=O) groups is 3. The minimum atomic E-state index is -0.449. The highest BCUT2D eigenvalue weighted by Gasteiger charge is 2.33. The smallest absolute Gasteiger partial charge is 0.246 e. The molecule has 1 aliphatic heterocycles. The second kappa shape index (κ2) is 7.23. The third kappa shape index (κ3) is 4.31. The molecule has 1 saturated heterocycles. The molecule has 0 aromatic carbocycles. The second-order valence-electron chi connectivity index (χ2n) is 4.92. The van der Waals surface area contributed by atoms with Crippen LogP contribution >= 0.6 is 0 Å². The molecule has 108 valence electrons. The largest absolute Gasteiger partial charge is 0.355 e. The Morgan fingerprint density at radius 1 is 1.47 bits per heavy atom. The van der Waals surface area contributed by atoms with Crippen molar-refractivity contribution in [2.45, 2.75) is 51.6 Å². The number of likely N-dealkylation sites (N-methyl/N-ethyl adjacent to an activating group) is 1. The summed E-state index contributed by atoms with van der Waals surface area (Å²) in [4.78, 5) is 36.1. The van der Waals surface area contributed by atoms with E-state index in [0.29, 0.717) is 19.4 Å². The van der Waals surface area contributed by atoms with Crippen LogP contribution in [0.5, 0.6) is 0 Å². The summed E-state index contributed by atoms with van der Waals surface area (Å²) in [7, 11) is 1.48. The third-order valence-electron chi connectivity index (χ3n) is 3.32. The van der Waals surface area contributed by atoms with Crippen molar-refractivity contribution in [3.05, 3.63) is 0 Å². The van der Waals surface area contributed by atoms with Gasteiger partial charge in [-0.25, -0.2) is 0 Å². The average molecular weight is 269 g/mol. The minimum absolute atomic E-state index is 0.110. The van der Waals surface area contributed by atoms with Gasteiger partial charge in [0.15, 0.2) is 0 Å². The molecule has 19 heavy (non-hydrogen) atoms. The molecule has 1 rings (SSSR count). The summed E-state index contributed by atoms with van der Waals surface area (Å²) < 4.78 is 0. The number of amides is 3. The number of rotatable bonds is 6. The summed E-state index contributed by atoms with van der Waals surface area (Å²) in [5.74, 6) is -0.534. The Kier molecular flexibility index (Phi) is 5.95. The van der Waals surface area contributed by atoms with Crippen LogP contribution in [0.4, 0.5) is 0 Å². The molecule has 0 radical (unpaired) electrons. The second-order valence-corrected chi connectivity index (χ2v) is 4.92. The number of nitrogens with one attached hydrogen (secondary N) is 2. The molecule has 1 aliphatic rings. The van der Waals surface area contributed by atoms with Gasteiger partial charge in [0, 0.05) is 20.0 Å². The van der Waals surface area contributed by atoms with Crippen LogP contribution in [0.25, 0.3) is 0 Å². The highest BCUT2D eigenvalue weighted by Crippen LogP contribution is 2.11. The summed E-state index contributed by atoms with van der Waals surface area (Å²) in [5.41, 5.74) is 0. The molecule has 2 atom stereocenters. The van der Waals surface area contributed by atoms with Crippen LogP contribution in [0.2, 0.25) is 0 Å². The molecular weight excluding hydrogens is 246 g/mol. The Morgan fingerprint density at radius 2 is 2.16 bits per heavy atom. The Bertz CT molecular complexity index is 357. The van der Waals surface area contributed by atoms with E-state index >= 15 is 0 Å².